The van der Waals surface area contributed by atoms with Crippen LogP contribution in [0.1, 0.15) is 38.1 Å². The van der Waals surface area contributed by atoms with Crippen LogP contribution in [0.5, 0.6) is 0 Å². The molecule has 1 aromatic heterocycles. The molecule has 26 heavy (non-hydrogen) atoms. The van der Waals surface area contributed by atoms with Gasteiger partial charge in [0.05, 0.1) is 16.9 Å². The van der Waals surface area contributed by atoms with Gasteiger partial charge < -0.3 is 15.0 Å². The van der Waals surface area contributed by atoms with Crippen LogP contribution in [0.25, 0.3) is 17.3 Å². The second kappa shape index (κ2) is 7.04. The quantitative estimate of drug-likeness (QED) is 0.592. The highest BCUT2D eigenvalue weighted by Crippen LogP contribution is 2.39. The molecule has 2 aromatic rings. The molecule has 1 aromatic carbocycles. The molecule has 1 aliphatic heterocycles. The zero-order valence-electron chi connectivity index (χ0n) is 15.9. The maximum atomic E-state index is 6.14. The van der Waals surface area contributed by atoms with Gasteiger partial charge in [-0.25, -0.2) is 4.98 Å². The van der Waals surface area contributed by atoms with Gasteiger partial charge >= 0.3 is 7.12 Å². The van der Waals surface area contributed by atoms with E-state index in [0.717, 1.165) is 27.2 Å². The second-order valence-electron chi connectivity index (χ2n) is 7.54. The van der Waals surface area contributed by atoms with Crippen LogP contribution < -0.4 is 5.73 Å². The number of hydrogen-bond acceptors (Lipinski definition) is 6. The highest BCUT2D eigenvalue weighted by molar-refractivity contribution is 7.80. The number of thiazole rings is 1. The Labute approximate surface area is 165 Å². The van der Waals surface area contributed by atoms with Gasteiger partial charge in [0.25, 0.3) is 0 Å². The molecular weight excluding hydrogens is 363 g/mol. The van der Waals surface area contributed by atoms with Crippen LogP contribution in [0.15, 0.2) is 29.7 Å². The van der Waals surface area contributed by atoms with Crippen molar-refractivity contribution < 1.29 is 9.31 Å². The standard InChI is InChI=1S/C19H25BN2O2S2/c1-12-16(22-17(21)26-12)14-8-6-13(7-9-14)10-15(11-25)20-23-18(2,3)19(4,5)24-20/h6-10,25H,11H2,1-5H3,(H2,21,22). The van der Waals surface area contributed by atoms with Crippen LogP contribution >= 0.6 is 24.0 Å². The van der Waals surface area contributed by atoms with Crippen molar-refractivity contribution >= 4 is 42.3 Å². The van der Waals surface area contributed by atoms with Crippen LogP contribution in [0.3, 0.4) is 0 Å². The lowest BCUT2D eigenvalue weighted by Gasteiger charge is -2.32. The van der Waals surface area contributed by atoms with Crippen molar-refractivity contribution in [3.05, 3.63) is 40.2 Å². The highest BCUT2D eigenvalue weighted by atomic mass is 32.1. The predicted octanol–water partition coefficient (Wildman–Crippen LogP) is 4.65. The Balaban J connectivity index is 1.83. The number of nitrogens with two attached hydrogens (primary N) is 1. The number of nitrogen functional groups attached to an aromatic ring is 1. The summed E-state index contributed by atoms with van der Waals surface area (Å²) in [6.07, 6.45) is 2.08. The van der Waals surface area contributed by atoms with E-state index in [9.17, 15) is 0 Å². The lowest BCUT2D eigenvalue weighted by molar-refractivity contribution is 0.00578. The van der Waals surface area contributed by atoms with Crippen molar-refractivity contribution in [2.75, 3.05) is 11.5 Å². The summed E-state index contributed by atoms with van der Waals surface area (Å²) in [6.45, 7) is 10.3. The van der Waals surface area contributed by atoms with Gasteiger partial charge in [0.1, 0.15) is 0 Å². The maximum Gasteiger partial charge on any atom is 0.491 e. The van der Waals surface area contributed by atoms with Crippen molar-refractivity contribution in [3.63, 3.8) is 0 Å². The third kappa shape index (κ3) is 3.72. The minimum absolute atomic E-state index is 0.356. The zero-order chi connectivity index (χ0) is 19.1. The van der Waals surface area contributed by atoms with Gasteiger partial charge in [0.15, 0.2) is 5.13 Å². The molecule has 0 spiro atoms. The first-order valence-corrected chi connectivity index (χ1v) is 10.1. The van der Waals surface area contributed by atoms with E-state index in [1.54, 1.807) is 0 Å². The first-order valence-electron chi connectivity index (χ1n) is 8.63. The summed E-state index contributed by atoms with van der Waals surface area (Å²) in [6, 6.07) is 8.26. The van der Waals surface area contributed by atoms with Gasteiger partial charge in [-0.1, -0.05) is 30.3 Å². The second-order valence-corrected chi connectivity index (χ2v) is 9.10. The summed E-state index contributed by atoms with van der Waals surface area (Å²) in [7, 11) is -0.377. The van der Waals surface area contributed by atoms with E-state index < -0.39 is 0 Å². The minimum Gasteiger partial charge on any atom is -0.400 e. The van der Waals surface area contributed by atoms with Crippen LogP contribution in [0.4, 0.5) is 5.13 Å². The van der Waals surface area contributed by atoms with Gasteiger partial charge in [0.2, 0.25) is 0 Å². The molecule has 1 aliphatic rings. The number of anilines is 1. The van der Waals surface area contributed by atoms with Gasteiger partial charge in [-0.05, 0) is 45.7 Å². The fourth-order valence-electron chi connectivity index (χ4n) is 2.82. The Morgan fingerprint density at radius 2 is 1.77 bits per heavy atom. The maximum absolute atomic E-state index is 6.14. The molecule has 138 valence electrons. The number of rotatable bonds is 4. The summed E-state index contributed by atoms with van der Waals surface area (Å²) >= 11 is 5.99. The number of hydrogen-bond donors (Lipinski definition) is 2. The smallest absolute Gasteiger partial charge is 0.400 e. The van der Waals surface area contributed by atoms with E-state index in [1.165, 1.54) is 11.3 Å². The Hall–Kier alpha value is -1.28. The summed E-state index contributed by atoms with van der Waals surface area (Å²) in [5.74, 6) is 0.570. The van der Waals surface area contributed by atoms with E-state index in [4.69, 9.17) is 15.0 Å². The fraction of sp³-hybridized carbons (Fsp3) is 0.421. The van der Waals surface area contributed by atoms with Gasteiger partial charge in [0, 0.05) is 16.2 Å². The van der Waals surface area contributed by atoms with E-state index in [-0.39, 0.29) is 18.3 Å². The molecule has 0 atom stereocenters. The van der Waals surface area contributed by atoms with Crippen molar-refractivity contribution in [1.82, 2.24) is 4.98 Å². The van der Waals surface area contributed by atoms with Crippen molar-refractivity contribution in [2.45, 2.75) is 45.8 Å². The number of aryl methyl sites for hydroxylation is 1. The molecule has 7 heteroatoms. The molecule has 2 N–H and O–H groups in total. The highest BCUT2D eigenvalue weighted by Gasteiger charge is 2.52. The molecule has 4 nitrogen and oxygen atoms in total. The van der Waals surface area contributed by atoms with E-state index in [0.29, 0.717) is 10.9 Å². The molecule has 0 unspecified atom stereocenters. The topological polar surface area (TPSA) is 57.4 Å². The van der Waals surface area contributed by atoms with Gasteiger partial charge in [-0.15, -0.1) is 11.3 Å². The van der Waals surface area contributed by atoms with Crippen LogP contribution in [0, 0.1) is 6.92 Å². The lowest BCUT2D eigenvalue weighted by Crippen LogP contribution is -2.41. The van der Waals surface area contributed by atoms with Crippen LogP contribution in [-0.4, -0.2) is 29.1 Å². The third-order valence-corrected chi connectivity index (χ3v) is 6.25. The molecule has 0 saturated carbocycles. The predicted molar refractivity (Wildman–Crippen MR) is 115 cm³/mol. The fourth-order valence-corrected chi connectivity index (χ4v) is 3.77. The monoisotopic (exact) mass is 388 g/mol. The number of aromatic nitrogens is 1. The Bertz CT molecular complexity index is 813. The molecule has 0 bridgehead atoms. The average molecular weight is 388 g/mol. The summed E-state index contributed by atoms with van der Waals surface area (Å²) in [5.41, 5.74) is 9.19. The molecule has 0 radical (unpaired) electrons. The van der Waals surface area contributed by atoms with E-state index in [1.807, 2.05) is 6.92 Å². The number of nitrogens with zero attached hydrogens (tertiary/aromatic N) is 1. The zero-order valence-corrected chi connectivity index (χ0v) is 17.6. The van der Waals surface area contributed by atoms with Crippen LogP contribution in [0.2, 0.25) is 0 Å². The van der Waals surface area contributed by atoms with Gasteiger partial charge in [-0.3, -0.25) is 0 Å². The molecule has 0 aliphatic carbocycles. The van der Waals surface area contributed by atoms with E-state index in [2.05, 4.69) is 75.6 Å². The average Bonchev–Trinajstić information content (AvgIpc) is 3.00. The molecular formula is C19H25BN2O2S2. The molecule has 1 saturated heterocycles. The molecule has 0 amide bonds. The van der Waals surface area contributed by atoms with Crippen molar-refractivity contribution in [1.29, 1.82) is 0 Å². The Morgan fingerprint density at radius 1 is 1.19 bits per heavy atom. The Kier molecular flexibility index (Phi) is 5.27. The molecule has 2 heterocycles. The lowest BCUT2D eigenvalue weighted by atomic mass is 9.78. The van der Waals surface area contributed by atoms with Crippen LogP contribution in [-0.2, 0) is 9.31 Å². The van der Waals surface area contributed by atoms with Crippen molar-refractivity contribution in [2.24, 2.45) is 0 Å². The first-order chi connectivity index (χ1) is 12.1. The SMILES string of the molecule is Cc1sc(N)nc1-c1ccc(C=C(CS)B2OC(C)(C)C(C)(C)O2)cc1. The normalized spacial score (nSPS) is 19.2. The largest absolute Gasteiger partial charge is 0.491 e. The Morgan fingerprint density at radius 3 is 2.23 bits per heavy atom. The summed E-state index contributed by atoms with van der Waals surface area (Å²) in [5, 5.41) is 0.597. The molecule has 1 fully saturated rings. The number of thiol groups is 1. The summed E-state index contributed by atoms with van der Waals surface area (Å²) < 4.78 is 12.3. The third-order valence-electron chi connectivity index (χ3n) is 5.09. The molecule has 3 rings (SSSR count). The number of benzene rings is 1. The van der Waals surface area contributed by atoms with Crippen molar-refractivity contribution in [3.8, 4) is 11.3 Å². The first kappa shape index (κ1) is 19.5. The summed E-state index contributed by atoms with van der Waals surface area (Å²) in [4.78, 5) is 5.53. The van der Waals surface area contributed by atoms with Gasteiger partial charge in [-0.2, -0.15) is 12.6 Å². The van der Waals surface area contributed by atoms with E-state index >= 15 is 0 Å². The minimum atomic E-state index is -0.377.